The van der Waals surface area contributed by atoms with Gasteiger partial charge in [-0.15, -0.1) is 0 Å². The summed E-state index contributed by atoms with van der Waals surface area (Å²) in [5.41, 5.74) is 7.13. The Kier molecular flexibility index (Phi) is 3.32. The molecular weight excluding hydrogens is 254 g/mol. The molecule has 3 heteroatoms. The molecule has 0 radical (unpaired) electrons. The quantitative estimate of drug-likeness (QED) is 0.916. The summed E-state index contributed by atoms with van der Waals surface area (Å²) in [5.74, 6) is 1.67. The number of hydrogen-bond donors (Lipinski definition) is 1. The Labute approximate surface area is 98.9 Å². The van der Waals surface area contributed by atoms with Crippen LogP contribution in [0.2, 0.25) is 0 Å². The summed E-state index contributed by atoms with van der Waals surface area (Å²) < 4.78 is 6.23. The van der Waals surface area contributed by atoms with E-state index in [9.17, 15) is 0 Å². The zero-order valence-corrected chi connectivity index (χ0v) is 10.5. The van der Waals surface area contributed by atoms with E-state index in [4.69, 9.17) is 10.5 Å². The van der Waals surface area contributed by atoms with Crippen LogP contribution in [0.25, 0.3) is 0 Å². The number of rotatable bonds is 3. The highest BCUT2D eigenvalue weighted by Gasteiger charge is 2.25. The lowest BCUT2D eigenvalue weighted by atomic mass is 9.77. The zero-order chi connectivity index (χ0) is 10.8. The van der Waals surface area contributed by atoms with Gasteiger partial charge in [-0.2, -0.15) is 0 Å². The number of nitrogens with two attached hydrogens (primary N) is 1. The standard InChI is InChI=1S/C12H16BrNO/c1-15-12-3-2-8(7-11(12)13)4-9-5-10(14)6-9/h2-3,7,9-10H,4-6,14H2,1H3. The minimum absolute atomic E-state index is 0.441. The fourth-order valence-electron chi connectivity index (χ4n) is 2.12. The van der Waals surface area contributed by atoms with Crippen molar-refractivity contribution in [1.82, 2.24) is 0 Å². The van der Waals surface area contributed by atoms with Gasteiger partial charge in [0.05, 0.1) is 11.6 Å². The van der Waals surface area contributed by atoms with Gasteiger partial charge in [0.25, 0.3) is 0 Å². The van der Waals surface area contributed by atoms with E-state index in [1.165, 1.54) is 18.4 Å². The predicted octanol–water partition coefficient (Wildman–Crippen LogP) is 2.74. The van der Waals surface area contributed by atoms with Crippen LogP contribution in [-0.4, -0.2) is 13.2 Å². The molecule has 0 unspecified atom stereocenters. The maximum absolute atomic E-state index is 5.77. The summed E-state index contributed by atoms with van der Waals surface area (Å²) in [5, 5.41) is 0. The smallest absolute Gasteiger partial charge is 0.133 e. The molecule has 1 aliphatic carbocycles. The van der Waals surface area contributed by atoms with Crippen molar-refractivity contribution in [1.29, 1.82) is 0 Å². The lowest BCUT2D eigenvalue weighted by Crippen LogP contribution is -2.37. The van der Waals surface area contributed by atoms with Crippen molar-refractivity contribution >= 4 is 15.9 Å². The fraction of sp³-hybridized carbons (Fsp3) is 0.500. The summed E-state index contributed by atoms with van der Waals surface area (Å²) in [4.78, 5) is 0. The Bertz CT molecular complexity index is 347. The molecule has 1 aromatic rings. The molecule has 0 aliphatic heterocycles. The van der Waals surface area contributed by atoms with E-state index in [1.54, 1.807) is 7.11 Å². The van der Waals surface area contributed by atoms with Crippen molar-refractivity contribution in [3.8, 4) is 5.75 Å². The first-order valence-electron chi connectivity index (χ1n) is 5.27. The van der Waals surface area contributed by atoms with Gasteiger partial charge in [-0.25, -0.2) is 0 Å². The van der Waals surface area contributed by atoms with E-state index < -0.39 is 0 Å². The molecule has 1 saturated carbocycles. The highest BCUT2D eigenvalue weighted by Crippen LogP contribution is 2.31. The molecule has 82 valence electrons. The predicted molar refractivity (Wildman–Crippen MR) is 65.1 cm³/mol. The van der Waals surface area contributed by atoms with Crippen LogP contribution < -0.4 is 10.5 Å². The Hall–Kier alpha value is -0.540. The number of ether oxygens (including phenoxy) is 1. The summed E-state index contributed by atoms with van der Waals surface area (Å²) in [6, 6.07) is 6.73. The van der Waals surface area contributed by atoms with Gasteiger partial charge in [-0.3, -0.25) is 0 Å². The average Bonchev–Trinajstić information content (AvgIpc) is 2.16. The molecule has 2 rings (SSSR count). The molecule has 0 bridgehead atoms. The maximum atomic E-state index is 5.77. The highest BCUT2D eigenvalue weighted by molar-refractivity contribution is 9.10. The third kappa shape index (κ3) is 2.52. The molecule has 0 spiro atoms. The van der Waals surface area contributed by atoms with Gasteiger partial charge in [0.15, 0.2) is 0 Å². The normalized spacial score (nSPS) is 24.7. The number of benzene rings is 1. The maximum Gasteiger partial charge on any atom is 0.133 e. The third-order valence-corrected chi connectivity index (χ3v) is 3.63. The third-order valence-electron chi connectivity index (χ3n) is 3.01. The number of halogens is 1. The minimum Gasteiger partial charge on any atom is -0.496 e. The Morgan fingerprint density at radius 3 is 2.73 bits per heavy atom. The van der Waals surface area contributed by atoms with Gasteiger partial charge < -0.3 is 10.5 Å². The van der Waals surface area contributed by atoms with Crippen LogP contribution in [0.4, 0.5) is 0 Å². The lowest BCUT2D eigenvalue weighted by molar-refractivity contribution is 0.264. The Morgan fingerprint density at radius 2 is 2.20 bits per heavy atom. The van der Waals surface area contributed by atoms with Crippen molar-refractivity contribution < 1.29 is 4.74 Å². The van der Waals surface area contributed by atoms with Gasteiger partial charge >= 0.3 is 0 Å². The molecule has 0 saturated heterocycles. The molecule has 1 fully saturated rings. The second kappa shape index (κ2) is 4.54. The minimum atomic E-state index is 0.441. The molecule has 1 aliphatic rings. The van der Waals surface area contributed by atoms with Crippen LogP contribution in [0.15, 0.2) is 22.7 Å². The highest BCUT2D eigenvalue weighted by atomic mass is 79.9. The summed E-state index contributed by atoms with van der Waals surface area (Å²) >= 11 is 3.50. The van der Waals surface area contributed by atoms with Crippen LogP contribution in [0.1, 0.15) is 18.4 Å². The molecule has 0 amide bonds. The van der Waals surface area contributed by atoms with Crippen molar-refractivity contribution in [2.45, 2.75) is 25.3 Å². The van der Waals surface area contributed by atoms with Gasteiger partial charge in [0, 0.05) is 6.04 Å². The van der Waals surface area contributed by atoms with Crippen LogP contribution in [0, 0.1) is 5.92 Å². The zero-order valence-electron chi connectivity index (χ0n) is 8.87. The van der Waals surface area contributed by atoms with E-state index >= 15 is 0 Å². The first kappa shape index (κ1) is 11.0. The first-order chi connectivity index (χ1) is 7.19. The van der Waals surface area contributed by atoms with Gasteiger partial charge in [0.1, 0.15) is 5.75 Å². The second-order valence-electron chi connectivity index (χ2n) is 4.27. The first-order valence-corrected chi connectivity index (χ1v) is 6.06. The molecule has 2 nitrogen and oxygen atoms in total. The van der Waals surface area contributed by atoms with E-state index in [2.05, 4.69) is 28.1 Å². The summed E-state index contributed by atoms with van der Waals surface area (Å²) in [7, 11) is 1.69. The monoisotopic (exact) mass is 269 g/mol. The summed E-state index contributed by atoms with van der Waals surface area (Å²) in [6.45, 7) is 0. The van der Waals surface area contributed by atoms with E-state index in [0.717, 1.165) is 22.6 Å². The molecule has 2 N–H and O–H groups in total. The Balaban J connectivity index is 2.00. The SMILES string of the molecule is COc1ccc(CC2CC(N)C2)cc1Br. The van der Waals surface area contributed by atoms with Crippen molar-refractivity contribution in [2.75, 3.05) is 7.11 Å². The average molecular weight is 270 g/mol. The van der Waals surface area contributed by atoms with Crippen molar-refractivity contribution in [2.24, 2.45) is 11.7 Å². The van der Waals surface area contributed by atoms with Crippen LogP contribution in [0.3, 0.4) is 0 Å². The Morgan fingerprint density at radius 1 is 1.47 bits per heavy atom. The van der Waals surface area contributed by atoms with Gasteiger partial charge in [-0.1, -0.05) is 6.07 Å². The molecular formula is C12H16BrNO. The van der Waals surface area contributed by atoms with Gasteiger partial charge in [-0.05, 0) is 58.8 Å². The van der Waals surface area contributed by atoms with E-state index in [-0.39, 0.29) is 0 Å². The van der Waals surface area contributed by atoms with E-state index in [1.807, 2.05) is 6.07 Å². The van der Waals surface area contributed by atoms with Crippen molar-refractivity contribution in [3.63, 3.8) is 0 Å². The topological polar surface area (TPSA) is 35.2 Å². The van der Waals surface area contributed by atoms with Crippen molar-refractivity contribution in [3.05, 3.63) is 28.2 Å². The molecule has 0 atom stereocenters. The molecule has 0 aromatic heterocycles. The molecule has 0 heterocycles. The molecule has 1 aromatic carbocycles. The number of methoxy groups -OCH3 is 1. The molecule has 15 heavy (non-hydrogen) atoms. The largest absolute Gasteiger partial charge is 0.496 e. The second-order valence-corrected chi connectivity index (χ2v) is 5.12. The number of hydrogen-bond acceptors (Lipinski definition) is 2. The fourth-order valence-corrected chi connectivity index (χ4v) is 2.71. The van der Waals surface area contributed by atoms with E-state index in [0.29, 0.717) is 6.04 Å². The lowest BCUT2D eigenvalue weighted by Gasteiger charge is -2.32. The van der Waals surface area contributed by atoms with Crippen LogP contribution >= 0.6 is 15.9 Å². The van der Waals surface area contributed by atoms with Crippen LogP contribution in [-0.2, 0) is 6.42 Å². The summed E-state index contributed by atoms with van der Waals surface area (Å²) in [6.07, 6.45) is 3.48. The van der Waals surface area contributed by atoms with Crippen LogP contribution in [0.5, 0.6) is 5.75 Å². The van der Waals surface area contributed by atoms with Gasteiger partial charge in [0.2, 0.25) is 0 Å².